The van der Waals surface area contributed by atoms with Gasteiger partial charge in [-0.1, -0.05) is 54.6 Å². The van der Waals surface area contributed by atoms with Gasteiger partial charge in [-0.25, -0.2) is 0 Å². The molecule has 6 N–H and O–H groups in total. The average molecular weight is 406 g/mol. The molecule has 152 valence electrons. The summed E-state index contributed by atoms with van der Waals surface area (Å²) in [5.41, 5.74) is 2.77. The van der Waals surface area contributed by atoms with E-state index in [-0.39, 0.29) is 0 Å². The molecule has 0 aliphatic carbocycles. The van der Waals surface area contributed by atoms with Crippen LogP contribution < -0.4 is 0 Å². The van der Waals surface area contributed by atoms with Crippen LogP contribution in [0, 0.1) is 20.8 Å². The molecule has 0 unspecified atom stereocenters. The minimum atomic E-state index is -2.62. The Kier molecular flexibility index (Phi) is 13.1. The monoisotopic (exact) mass is 406 g/mol. The van der Waals surface area contributed by atoms with E-state index >= 15 is 0 Å². The fraction of sp³-hybridized carbons (Fsp3) is 0.143. The van der Waals surface area contributed by atoms with Crippen molar-refractivity contribution in [3.05, 3.63) is 89.5 Å². The van der Waals surface area contributed by atoms with E-state index in [0.717, 1.165) is 16.7 Å². The molecule has 28 heavy (non-hydrogen) atoms. The maximum absolute atomic E-state index is 8.92. The number of hydrogen-bond acceptors (Lipinski definition) is 6. The van der Waals surface area contributed by atoms with Gasteiger partial charge in [0.05, 0.1) is 0 Å². The highest BCUT2D eigenvalue weighted by Crippen LogP contribution is 2.13. The molecule has 0 aliphatic rings. The Morgan fingerprint density at radius 3 is 0.750 bits per heavy atom. The van der Waals surface area contributed by atoms with Crippen molar-refractivity contribution in [2.75, 3.05) is 0 Å². The van der Waals surface area contributed by atoms with Crippen LogP contribution >= 0.6 is 8.60 Å². The van der Waals surface area contributed by atoms with Crippen molar-refractivity contribution in [1.82, 2.24) is 0 Å². The summed E-state index contributed by atoms with van der Waals surface area (Å²) in [5, 5.41) is 26.8. The predicted octanol–water partition coefficient (Wildman–Crippen LogP) is 4.29. The molecule has 0 radical (unpaired) electrons. The molecule has 0 fully saturated rings. The number of benzene rings is 3. The second-order valence-electron chi connectivity index (χ2n) is 5.63. The lowest BCUT2D eigenvalue weighted by atomic mass is 10.2. The molecule has 0 saturated carbocycles. The second kappa shape index (κ2) is 14.4. The molecule has 0 aromatic heterocycles. The van der Waals surface area contributed by atoms with Crippen LogP contribution in [-0.2, 0) is 0 Å². The van der Waals surface area contributed by atoms with Gasteiger partial charge in [-0.3, -0.25) is 0 Å². The lowest BCUT2D eigenvalue weighted by Gasteiger charge is -1.92. The first-order valence-corrected chi connectivity index (χ1v) is 9.45. The number of hydrogen-bond donors (Lipinski definition) is 6. The van der Waals surface area contributed by atoms with Gasteiger partial charge in [0, 0.05) is 0 Å². The zero-order valence-corrected chi connectivity index (χ0v) is 17.0. The molecule has 0 atom stereocenters. The Labute approximate surface area is 166 Å². The summed E-state index contributed by atoms with van der Waals surface area (Å²) in [6, 6.07) is 21.8. The van der Waals surface area contributed by atoms with Gasteiger partial charge in [0.15, 0.2) is 0 Å². The predicted molar refractivity (Wildman–Crippen MR) is 112 cm³/mol. The highest BCUT2D eigenvalue weighted by Gasteiger charge is 1.88. The zero-order chi connectivity index (χ0) is 21.5. The first-order chi connectivity index (χ1) is 13.1. The van der Waals surface area contributed by atoms with Crippen molar-refractivity contribution in [2.45, 2.75) is 20.8 Å². The summed E-state index contributed by atoms with van der Waals surface area (Å²) in [5.74, 6) is 1.10. The van der Waals surface area contributed by atoms with Crippen molar-refractivity contribution in [1.29, 1.82) is 0 Å². The van der Waals surface area contributed by atoms with Crippen molar-refractivity contribution < 1.29 is 30.0 Å². The summed E-state index contributed by atoms with van der Waals surface area (Å²) in [7, 11) is -2.62. The normalized spacial score (nSPS) is 9.11. The Balaban J connectivity index is 0.000000358. The first-order valence-electron chi connectivity index (χ1n) is 8.25. The summed E-state index contributed by atoms with van der Waals surface area (Å²) < 4.78 is 0. The number of aryl methyl sites for hydroxylation is 3. The highest BCUT2D eigenvalue weighted by molar-refractivity contribution is 7.38. The lowest BCUT2D eigenvalue weighted by Crippen LogP contribution is -1.68. The summed E-state index contributed by atoms with van der Waals surface area (Å²) in [6.45, 7) is 5.61. The van der Waals surface area contributed by atoms with Gasteiger partial charge in [-0.15, -0.1) is 0 Å². The molecule has 3 rings (SSSR count). The molecule has 7 heteroatoms. The largest absolute Gasteiger partial charge is 0.508 e. The maximum atomic E-state index is 8.92. The number of rotatable bonds is 0. The standard InChI is InChI=1S/3C7H8O.H3O3P/c3*1-6-4-2-3-5-7(6)8;1-4(2)3/h3*2-5,8H,1H3;1-3H. The molecule has 0 amide bonds. The van der Waals surface area contributed by atoms with Crippen molar-refractivity contribution >= 4 is 8.60 Å². The number of para-hydroxylation sites is 3. The van der Waals surface area contributed by atoms with Crippen LogP contribution in [0.5, 0.6) is 17.2 Å². The molecule has 0 aliphatic heterocycles. The van der Waals surface area contributed by atoms with E-state index < -0.39 is 8.60 Å². The van der Waals surface area contributed by atoms with Gasteiger partial charge in [0.25, 0.3) is 0 Å². The van der Waals surface area contributed by atoms with E-state index in [4.69, 9.17) is 30.0 Å². The quantitative estimate of drug-likeness (QED) is 0.310. The van der Waals surface area contributed by atoms with E-state index in [1.807, 2.05) is 75.4 Å². The van der Waals surface area contributed by atoms with Crippen LogP contribution in [0.1, 0.15) is 16.7 Å². The van der Waals surface area contributed by atoms with Crippen LogP contribution in [0.2, 0.25) is 0 Å². The van der Waals surface area contributed by atoms with Crippen LogP contribution in [0.25, 0.3) is 0 Å². The fourth-order valence-electron chi connectivity index (χ4n) is 1.69. The lowest BCUT2D eigenvalue weighted by molar-refractivity contribution is 0.368. The SMILES string of the molecule is Cc1ccccc1O.Cc1ccccc1O.Cc1ccccc1O.OP(O)O. The Hall–Kier alpha value is -2.63. The van der Waals surface area contributed by atoms with Crippen LogP contribution in [0.4, 0.5) is 0 Å². The Morgan fingerprint density at radius 2 is 0.643 bits per heavy atom. The van der Waals surface area contributed by atoms with E-state index in [9.17, 15) is 0 Å². The number of aromatic hydroxyl groups is 3. The molecule has 6 nitrogen and oxygen atoms in total. The molecule has 0 bridgehead atoms. The third kappa shape index (κ3) is 12.7. The maximum Gasteiger partial charge on any atom is 0.324 e. The first kappa shape index (κ1) is 25.4. The van der Waals surface area contributed by atoms with Gasteiger partial charge in [0.2, 0.25) is 0 Å². The summed E-state index contributed by atoms with van der Waals surface area (Å²) in [4.78, 5) is 21.7. The van der Waals surface area contributed by atoms with Gasteiger partial charge < -0.3 is 30.0 Å². The third-order valence-electron chi connectivity index (χ3n) is 3.35. The Morgan fingerprint density at radius 1 is 0.464 bits per heavy atom. The topological polar surface area (TPSA) is 121 Å². The minimum absolute atomic E-state index is 0.368. The van der Waals surface area contributed by atoms with Gasteiger partial charge in [0.1, 0.15) is 17.2 Å². The summed E-state index contributed by atoms with van der Waals surface area (Å²) in [6.07, 6.45) is 0. The van der Waals surface area contributed by atoms with E-state index in [2.05, 4.69) is 0 Å². The second-order valence-corrected chi connectivity index (χ2v) is 6.16. The Bertz CT molecular complexity index is 639. The third-order valence-corrected chi connectivity index (χ3v) is 3.35. The van der Waals surface area contributed by atoms with Crippen molar-refractivity contribution in [3.8, 4) is 17.2 Å². The van der Waals surface area contributed by atoms with Crippen LogP contribution in [0.15, 0.2) is 72.8 Å². The summed E-state index contributed by atoms with van der Waals surface area (Å²) >= 11 is 0. The zero-order valence-electron chi connectivity index (χ0n) is 16.1. The van der Waals surface area contributed by atoms with Gasteiger partial charge in [-0.2, -0.15) is 0 Å². The molecule has 3 aromatic rings. The van der Waals surface area contributed by atoms with E-state index in [1.54, 1.807) is 18.2 Å². The molecular formula is C21H27O6P. The smallest absolute Gasteiger partial charge is 0.324 e. The minimum Gasteiger partial charge on any atom is -0.508 e. The number of phenols is 3. The van der Waals surface area contributed by atoms with Crippen molar-refractivity contribution in [2.24, 2.45) is 0 Å². The molecule has 0 saturated heterocycles. The highest BCUT2D eigenvalue weighted by atomic mass is 31.2. The van der Waals surface area contributed by atoms with E-state index in [0.29, 0.717) is 17.2 Å². The molecule has 0 heterocycles. The molecule has 3 aromatic carbocycles. The van der Waals surface area contributed by atoms with Gasteiger partial charge in [-0.05, 0) is 55.7 Å². The van der Waals surface area contributed by atoms with Gasteiger partial charge >= 0.3 is 8.60 Å². The van der Waals surface area contributed by atoms with E-state index in [1.165, 1.54) is 0 Å². The average Bonchev–Trinajstić information content (AvgIpc) is 2.63. The van der Waals surface area contributed by atoms with Crippen LogP contribution in [0.3, 0.4) is 0 Å². The number of phenolic OH excluding ortho intramolecular Hbond substituents is 3. The van der Waals surface area contributed by atoms with Crippen LogP contribution in [-0.4, -0.2) is 30.0 Å². The van der Waals surface area contributed by atoms with Crippen molar-refractivity contribution in [3.63, 3.8) is 0 Å². The fourth-order valence-corrected chi connectivity index (χ4v) is 1.69. The molecular weight excluding hydrogens is 379 g/mol. The molecule has 0 spiro atoms.